The molecule has 0 aliphatic carbocycles. The third-order valence-corrected chi connectivity index (χ3v) is 10.2. The van der Waals surface area contributed by atoms with Gasteiger partial charge in [-0.05, 0) is 90.2 Å². The minimum Gasteiger partial charge on any atom is -0.460 e. The molecule has 10 heteroatoms. The normalized spacial score (nSPS) is 25.5. The predicted molar refractivity (Wildman–Crippen MR) is 166 cm³/mol. The molecule has 0 amide bonds. The Morgan fingerprint density at radius 1 is 0.957 bits per heavy atom. The van der Waals surface area contributed by atoms with Crippen LogP contribution in [0.25, 0.3) is 17.0 Å². The highest BCUT2D eigenvalue weighted by Gasteiger charge is 2.55. The molecule has 5 aliphatic heterocycles. The van der Waals surface area contributed by atoms with Crippen LogP contribution in [-0.4, -0.2) is 66.1 Å². The molecule has 0 N–H and O–H groups in total. The summed E-state index contributed by atoms with van der Waals surface area (Å²) in [6, 6.07) is 19.6. The van der Waals surface area contributed by atoms with Crippen molar-refractivity contribution in [2.24, 2.45) is 0 Å². The maximum absolute atomic E-state index is 13.2. The molecule has 9 rings (SSSR count). The van der Waals surface area contributed by atoms with Crippen molar-refractivity contribution >= 4 is 22.9 Å². The highest BCUT2D eigenvalue weighted by Crippen LogP contribution is 2.53. The number of esters is 1. The number of carbonyl (C=O) groups excluding carboxylic acids is 1. The van der Waals surface area contributed by atoms with E-state index in [0.29, 0.717) is 24.3 Å². The van der Waals surface area contributed by atoms with E-state index in [0.717, 1.165) is 39.1 Å². The van der Waals surface area contributed by atoms with Gasteiger partial charge in [-0.25, -0.2) is 4.79 Å². The summed E-state index contributed by atoms with van der Waals surface area (Å²) in [4.78, 5) is 22.3. The number of aromatic nitrogens is 1. The Balaban J connectivity index is 1.08. The summed E-state index contributed by atoms with van der Waals surface area (Å²) in [5.41, 5.74) is 6.20. The number of nitrogens with zero attached hydrogens (tertiary/aromatic N) is 4. The quantitative estimate of drug-likeness (QED) is 0.237. The summed E-state index contributed by atoms with van der Waals surface area (Å²) in [6.45, 7) is 0.450. The lowest BCUT2D eigenvalue weighted by Gasteiger charge is -2.59. The van der Waals surface area contributed by atoms with Crippen LogP contribution in [-0.2, 0) is 22.4 Å². The lowest BCUT2D eigenvalue weighted by molar-refractivity contribution is -0.143. The molecule has 2 bridgehead atoms. The topological polar surface area (TPSA) is 106 Å². The smallest absolute Gasteiger partial charge is 0.330 e. The molecule has 0 unspecified atom stereocenters. The van der Waals surface area contributed by atoms with Gasteiger partial charge in [-0.1, -0.05) is 18.2 Å². The fourth-order valence-corrected chi connectivity index (χ4v) is 8.10. The summed E-state index contributed by atoms with van der Waals surface area (Å²) in [5.74, 6) is 2.43. The Hall–Kier alpha value is -5.11. The second-order valence-electron chi connectivity index (χ2n) is 12.4. The van der Waals surface area contributed by atoms with Crippen molar-refractivity contribution in [2.45, 2.75) is 43.1 Å². The van der Waals surface area contributed by atoms with Gasteiger partial charge in [-0.3, -0.25) is 14.8 Å². The van der Waals surface area contributed by atoms with Gasteiger partial charge in [0.2, 0.25) is 13.6 Å². The molecule has 6 heterocycles. The van der Waals surface area contributed by atoms with E-state index in [1.165, 1.54) is 17.2 Å². The first-order valence-corrected chi connectivity index (χ1v) is 15.5. The van der Waals surface area contributed by atoms with E-state index in [-0.39, 0.29) is 44.4 Å². The number of carbonyl (C=O) groups is 1. The van der Waals surface area contributed by atoms with Gasteiger partial charge in [0, 0.05) is 29.7 Å². The van der Waals surface area contributed by atoms with Gasteiger partial charge in [-0.2, -0.15) is 5.26 Å². The van der Waals surface area contributed by atoms with Gasteiger partial charge in [0.05, 0.1) is 23.7 Å². The number of hydrogen-bond donors (Lipinski definition) is 0. The van der Waals surface area contributed by atoms with Crippen LogP contribution < -0.4 is 18.9 Å². The van der Waals surface area contributed by atoms with Crippen molar-refractivity contribution in [3.63, 3.8) is 0 Å². The Kier molecular flexibility index (Phi) is 6.20. The number of rotatable bonds is 4. The van der Waals surface area contributed by atoms with Crippen LogP contribution in [0.5, 0.6) is 23.0 Å². The average molecular weight is 615 g/mol. The lowest BCUT2D eigenvalue weighted by atomic mass is 9.73. The number of likely N-dealkylation sites (N-methyl/N-ethyl adjacent to an activating group) is 1. The standard InChI is InChI=1S/C36H30N4O6/c1-39-27-10-22-13-32-34(46-19-44-32)15-25(22)36(39)28-11-21-12-31-33(45-18-43-31)14-24(21)30(40(28)29(27)16-37)17-42-35(41)7-6-20-8-9-38-26-5-3-2-4-23(20)26/h2-9,12-15,27-30,36H,10-11,17-19H2,1H3/b7-6+/t27-,28-,29-,30-,36+/m0/s1. The summed E-state index contributed by atoms with van der Waals surface area (Å²) in [5, 5.41) is 11.7. The number of benzene rings is 3. The maximum atomic E-state index is 13.2. The molecule has 4 aromatic rings. The SMILES string of the molecule is CN1[C@@H]2c3cc4c(cc3C[C@H]1[C@H](C#N)N1[C@@H](COC(=O)/C=C/c3ccnc5ccccc35)c3cc5c(cc3C[C@@H]21)OCO5)OCO4. The second kappa shape index (κ2) is 10.5. The molecule has 0 spiro atoms. The number of fused-ring (bicyclic) bond motifs is 10. The Morgan fingerprint density at radius 2 is 1.63 bits per heavy atom. The Morgan fingerprint density at radius 3 is 2.39 bits per heavy atom. The highest BCUT2D eigenvalue weighted by molar-refractivity contribution is 5.93. The third-order valence-electron chi connectivity index (χ3n) is 10.2. The van der Waals surface area contributed by atoms with Gasteiger partial charge in [0.15, 0.2) is 23.0 Å². The van der Waals surface area contributed by atoms with Gasteiger partial charge in [0.25, 0.3) is 0 Å². The van der Waals surface area contributed by atoms with Crippen LogP contribution in [0.15, 0.2) is 66.9 Å². The first-order chi connectivity index (χ1) is 22.6. The molecular formula is C36H30N4O6. The number of hydrogen-bond acceptors (Lipinski definition) is 10. The molecule has 0 saturated carbocycles. The van der Waals surface area contributed by atoms with Crippen molar-refractivity contribution in [3.8, 4) is 29.1 Å². The molecule has 230 valence electrons. The van der Waals surface area contributed by atoms with Crippen LogP contribution in [0.2, 0.25) is 0 Å². The summed E-state index contributed by atoms with van der Waals surface area (Å²) < 4.78 is 29.0. The number of pyridine rings is 1. The Labute approximate surface area is 265 Å². The molecule has 1 fully saturated rings. The summed E-state index contributed by atoms with van der Waals surface area (Å²) >= 11 is 0. The number of ether oxygens (including phenoxy) is 5. The van der Waals surface area contributed by atoms with Gasteiger partial charge in [-0.15, -0.1) is 0 Å². The fourth-order valence-electron chi connectivity index (χ4n) is 8.10. The fraction of sp³-hybridized carbons (Fsp3) is 0.306. The van der Waals surface area contributed by atoms with Crippen molar-refractivity contribution in [3.05, 3.63) is 94.7 Å². The van der Waals surface area contributed by atoms with Crippen LogP contribution >= 0.6 is 0 Å². The van der Waals surface area contributed by atoms with Crippen LogP contribution in [0.1, 0.15) is 39.9 Å². The van der Waals surface area contributed by atoms with E-state index in [1.807, 2.05) is 36.4 Å². The van der Waals surface area contributed by atoms with Crippen molar-refractivity contribution in [1.82, 2.24) is 14.8 Å². The van der Waals surface area contributed by atoms with E-state index in [4.69, 9.17) is 23.7 Å². The summed E-state index contributed by atoms with van der Waals surface area (Å²) in [7, 11) is 2.11. The molecule has 0 radical (unpaired) electrons. The average Bonchev–Trinajstić information content (AvgIpc) is 3.73. The first kappa shape index (κ1) is 27.2. The molecule has 1 aromatic heterocycles. The molecule has 5 aliphatic rings. The minimum absolute atomic E-state index is 0.00973. The number of para-hydroxylation sites is 1. The molecular weight excluding hydrogens is 584 g/mol. The van der Waals surface area contributed by atoms with Gasteiger partial charge < -0.3 is 23.7 Å². The molecule has 5 atom stereocenters. The zero-order valence-corrected chi connectivity index (χ0v) is 25.1. The van der Waals surface area contributed by atoms with E-state index >= 15 is 0 Å². The summed E-state index contributed by atoms with van der Waals surface area (Å²) in [6.07, 6.45) is 6.35. The zero-order valence-electron chi connectivity index (χ0n) is 25.1. The van der Waals surface area contributed by atoms with Crippen molar-refractivity contribution < 1.29 is 28.5 Å². The molecule has 10 nitrogen and oxygen atoms in total. The third kappa shape index (κ3) is 4.16. The first-order valence-electron chi connectivity index (χ1n) is 15.5. The molecule has 3 aromatic carbocycles. The number of piperazine rings is 1. The minimum atomic E-state index is -0.453. The molecule has 1 saturated heterocycles. The number of nitriles is 1. The van der Waals surface area contributed by atoms with Crippen molar-refractivity contribution in [2.75, 3.05) is 27.2 Å². The van der Waals surface area contributed by atoms with Gasteiger partial charge in [0.1, 0.15) is 12.6 Å². The van der Waals surface area contributed by atoms with E-state index in [9.17, 15) is 10.1 Å². The monoisotopic (exact) mass is 614 g/mol. The van der Waals surface area contributed by atoms with Crippen LogP contribution in [0.3, 0.4) is 0 Å². The van der Waals surface area contributed by atoms with E-state index in [1.54, 1.807) is 12.3 Å². The second-order valence-corrected chi connectivity index (χ2v) is 12.4. The zero-order chi connectivity index (χ0) is 30.9. The predicted octanol–water partition coefficient (Wildman–Crippen LogP) is 4.72. The van der Waals surface area contributed by atoms with E-state index < -0.39 is 12.0 Å². The Bertz CT molecular complexity index is 1980. The van der Waals surface area contributed by atoms with Gasteiger partial charge >= 0.3 is 5.97 Å². The molecule has 46 heavy (non-hydrogen) atoms. The maximum Gasteiger partial charge on any atom is 0.330 e. The van der Waals surface area contributed by atoms with Crippen molar-refractivity contribution in [1.29, 1.82) is 5.26 Å². The van der Waals surface area contributed by atoms with Crippen LogP contribution in [0.4, 0.5) is 0 Å². The van der Waals surface area contributed by atoms with Crippen LogP contribution in [0, 0.1) is 11.3 Å². The highest BCUT2D eigenvalue weighted by atomic mass is 16.7. The van der Waals surface area contributed by atoms with E-state index in [2.05, 4.69) is 46.1 Å². The largest absolute Gasteiger partial charge is 0.460 e. The lowest BCUT2D eigenvalue weighted by Crippen LogP contribution is -2.68.